The molecular weight excluding hydrogens is 280 g/mol. The summed E-state index contributed by atoms with van der Waals surface area (Å²) in [5.41, 5.74) is 6.11. The van der Waals surface area contributed by atoms with Gasteiger partial charge < -0.3 is 20.6 Å². The van der Waals surface area contributed by atoms with Gasteiger partial charge in [-0.2, -0.15) is 0 Å². The predicted molar refractivity (Wildman–Crippen MR) is 78.6 cm³/mol. The highest BCUT2D eigenvalue weighted by Crippen LogP contribution is 2.30. The van der Waals surface area contributed by atoms with Gasteiger partial charge in [0, 0.05) is 18.3 Å². The normalized spacial score (nSPS) is 23.9. The van der Waals surface area contributed by atoms with E-state index in [2.05, 4.69) is 22.0 Å². The molecule has 1 aromatic heterocycles. The number of anilines is 1. The SMILES string of the molecule is CCC1COC(C)CN1c1nccc(/C(N)=N/O)c1Cl. The molecule has 1 fully saturated rings. The van der Waals surface area contributed by atoms with Crippen LogP contribution >= 0.6 is 11.6 Å². The fraction of sp³-hybridized carbons (Fsp3) is 0.538. The van der Waals surface area contributed by atoms with E-state index in [4.69, 9.17) is 27.3 Å². The van der Waals surface area contributed by atoms with Gasteiger partial charge in [-0.3, -0.25) is 0 Å². The Bertz CT molecular complexity index is 509. The van der Waals surface area contributed by atoms with Crippen molar-refractivity contribution < 1.29 is 9.94 Å². The first-order valence-electron chi connectivity index (χ1n) is 6.59. The van der Waals surface area contributed by atoms with E-state index < -0.39 is 0 Å². The van der Waals surface area contributed by atoms with Crippen molar-refractivity contribution in [2.45, 2.75) is 32.4 Å². The fourth-order valence-electron chi connectivity index (χ4n) is 2.33. The molecule has 1 aliphatic rings. The molecule has 0 spiro atoms. The molecule has 1 saturated heterocycles. The number of nitrogens with zero attached hydrogens (tertiary/aromatic N) is 3. The summed E-state index contributed by atoms with van der Waals surface area (Å²) >= 11 is 6.37. The first-order chi connectivity index (χ1) is 9.58. The van der Waals surface area contributed by atoms with Crippen LogP contribution in [0.5, 0.6) is 0 Å². The molecule has 7 heteroatoms. The summed E-state index contributed by atoms with van der Waals surface area (Å²) in [6.45, 7) is 5.47. The fourth-order valence-corrected chi connectivity index (χ4v) is 2.64. The molecule has 3 N–H and O–H groups in total. The quantitative estimate of drug-likeness (QED) is 0.385. The summed E-state index contributed by atoms with van der Waals surface area (Å²) < 4.78 is 5.67. The maximum absolute atomic E-state index is 8.80. The number of ether oxygens (including phenoxy) is 1. The van der Waals surface area contributed by atoms with Crippen LogP contribution in [-0.4, -0.2) is 41.3 Å². The van der Waals surface area contributed by atoms with E-state index in [0.29, 0.717) is 29.6 Å². The third-order valence-corrected chi connectivity index (χ3v) is 3.84. The van der Waals surface area contributed by atoms with Gasteiger partial charge in [0.15, 0.2) is 5.84 Å². The van der Waals surface area contributed by atoms with Crippen molar-refractivity contribution in [1.29, 1.82) is 0 Å². The van der Waals surface area contributed by atoms with Crippen LogP contribution in [0.2, 0.25) is 5.02 Å². The molecule has 1 aliphatic heterocycles. The van der Waals surface area contributed by atoms with Crippen LogP contribution in [-0.2, 0) is 4.74 Å². The second kappa shape index (κ2) is 6.28. The van der Waals surface area contributed by atoms with E-state index in [-0.39, 0.29) is 18.0 Å². The molecule has 2 heterocycles. The van der Waals surface area contributed by atoms with Gasteiger partial charge in [-0.05, 0) is 19.4 Å². The van der Waals surface area contributed by atoms with Crippen LogP contribution in [0.4, 0.5) is 5.82 Å². The Labute approximate surface area is 123 Å². The zero-order valence-electron chi connectivity index (χ0n) is 11.6. The molecule has 0 bridgehead atoms. The number of aromatic nitrogens is 1. The number of hydrogen-bond donors (Lipinski definition) is 2. The van der Waals surface area contributed by atoms with Gasteiger partial charge in [0.1, 0.15) is 5.82 Å². The number of pyridine rings is 1. The Morgan fingerprint density at radius 3 is 3.10 bits per heavy atom. The summed E-state index contributed by atoms with van der Waals surface area (Å²) in [6.07, 6.45) is 2.66. The highest BCUT2D eigenvalue weighted by atomic mass is 35.5. The molecule has 0 aromatic carbocycles. The maximum atomic E-state index is 8.80. The van der Waals surface area contributed by atoms with Crippen LogP contribution in [0, 0.1) is 0 Å². The standard InChI is InChI=1S/C13H19ClN4O2/c1-3-9-7-20-8(2)6-18(9)13-11(14)10(4-5-16-13)12(15)17-19/h4-5,8-9,19H,3,6-7H2,1-2H3,(H2,15,17). The number of halogens is 1. The largest absolute Gasteiger partial charge is 0.409 e. The summed E-state index contributed by atoms with van der Waals surface area (Å²) in [5, 5.41) is 12.2. The van der Waals surface area contributed by atoms with Crippen LogP contribution in [0.25, 0.3) is 0 Å². The Hall–Kier alpha value is -1.53. The van der Waals surface area contributed by atoms with Crippen LogP contribution in [0.3, 0.4) is 0 Å². The van der Waals surface area contributed by atoms with Gasteiger partial charge in [0.2, 0.25) is 0 Å². The summed E-state index contributed by atoms with van der Waals surface area (Å²) in [6, 6.07) is 1.85. The third-order valence-electron chi connectivity index (χ3n) is 3.47. The lowest BCUT2D eigenvalue weighted by Crippen LogP contribution is -2.49. The highest BCUT2D eigenvalue weighted by Gasteiger charge is 2.29. The van der Waals surface area contributed by atoms with Gasteiger partial charge >= 0.3 is 0 Å². The van der Waals surface area contributed by atoms with E-state index in [1.807, 2.05) is 6.92 Å². The molecule has 2 unspecified atom stereocenters. The molecule has 0 aliphatic carbocycles. The van der Waals surface area contributed by atoms with E-state index in [0.717, 1.165) is 6.42 Å². The molecule has 110 valence electrons. The molecule has 0 amide bonds. The summed E-state index contributed by atoms with van der Waals surface area (Å²) in [5.74, 6) is 0.630. The van der Waals surface area contributed by atoms with Crippen LogP contribution in [0.15, 0.2) is 17.4 Å². The first-order valence-corrected chi connectivity index (χ1v) is 6.96. The van der Waals surface area contributed by atoms with Crippen LogP contribution < -0.4 is 10.6 Å². The molecule has 2 atom stereocenters. The van der Waals surface area contributed by atoms with Crippen LogP contribution in [0.1, 0.15) is 25.8 Å². The zero-order chi connectivity index (χ0) is 14.7. The number of amidine groups is 1. The third kappa shape index (κ3) is 2.81. The number of hydrogen-bond acceptors (Lipinski definition) is 5. The minimum atomic E-state index is -0.0204. The molecule has 6 nitrogen and oxygen atoms in total. The van der Waals surface area contributed by atoms with E-state index in [1.54, 1.807) is 12.3 Å². The van der Waals surface area contributed by atoms with Crippen molar-refractivity contribution in [3.8, 4) is 0 Å². The number of oxime groups is 1. The lowest BCUT2D eigenvalue weighted by atomic mass is 10.1. The van der Waals surface area contributed by atoms with Gasteiger partial charge in [0.25, 0.3) is 0 Å². The van der Waals surface area contributed by atoms with Gasteiger partial charge in [-0.25, -0.2) is 4.98 Å². The summed E-state index contributed by atoms with van der Waals surface area (Å²) in [7, 11) is 0. The second-order valence-corrected chi connectivity index (χ2v) is 5.22. The highest BCUT2D eigenvalue weighted by molar-refractivity contribution is 6.36. The molecule has 1 aromatic rings. The van der Waals surface area contributed by atoms with Crippen molar-refractivity contribution in [2.24, 2.45) is 10.9 Å². The van der Waals surface area contributed by atoms with Crippen molar-refractivity contribution in [3.05, 3.63) is 22.8 Å². The minimum absolute atomic E-state index is 0.0204. The minimum Gasteiger partial charge on any atom is -0.409 e. The average Bonchev–Trinajstić information content (AvgIpc) is 2.46. The van der Waals surface area contributed by atoms with Crippen molar-refractivity contribution >= 4 is 23.3 Å². The first kappa shape index (κ1) is 14.9. The Morgan fingerprint density at radius 2 is 2.45 bits per heavy atom. The molecule has 0 radical (unpaired) electrons. The number of nitrogens with two attached hydrogens (primary N) is 1. The van der Waals surface area contributed by atoms with E-state index in [9.17, 15) is 0 Å². The Kier molecular flexibility index (Phi) is 4.67. The zero-order valence-corrected chi connectivity index (χ0v) is 12.3. The number of rotatable bonds is 3. The van der Waals surface area contributed by atoms with Crippen molar-refractivity contribution in [1.82, 2.24) is 4.98 Å². The molecular formula is C13H19ClN4O2. The molecule has 2 rings (SSSR count). The summed E-state index contributed by atoms with van der Waals surface area (Å²) in [4.78, 5) is 6.49. The Balaban J connectivity index is 2.40. The van der Waals surface area contributed by atoms with E-state index in [1.165, 1.54) is 0 Å². The lowest BCUT2D eigenvalue weighted by Gasteiger charge is -2.39. The van der Waals surface area contributed by atoms with Crippen molar-refractivity contribution in [2.75, 3.05) is 18.1 Å². The Morgan fingerprint density at radius 1 is 1.70 bits per heavy atom. The van der Waals surface area contributed by atoms with Crippen molar-refractivity contribution in [3.63, 3.8) is 0 Å². The van der Waals surface area contributed by atoms with Gasteiger partial charge in [-0.1, -0.05) is 23.7 Å². The average molecular weight is 299 g/mol. The smallest absolute Gasteiger partial charge is 0.171 e. The molecule has 20 heavy (non-hydrogen) atoms. The maximum Gasteiger partial charge on any atom is 0.171 e. The van der Waals surface area contributed by atoms with Gasteiger partial charge in [0.05, 0.1) is 23.8 Å². The molecule has 0 saturated carbocycles. The number of morpholine rings is 1. The monoisotopic (exact) mass is 298 g/mol. The van der Waals surface area contributed by atoms with E-state index >= 15 is 0 Å². The second-order valence-electron chi connectivity index (χ2n) is 4.84. The lowest BCUT2D eigenvalue weighted by molar-refractivity contribution is 0.0296. The topological polar surface area (TPSA) is 84.0 Å². The van der Waals surface area contributed by atoms with Gasteiger partial charge in [-0.15, -0.1) is 0 Å². The predicted octanol–water partition coefficient (Wildman–Crippen LogP) is 1.83.